The minimum absolute atomic E-state index is 0.0954. The Morgan fingerprint density at radius 1 is 1.20 bits per heavy atom. The monoisotopic (exact) mass is 288 g/mol. The van der Waals surface area contributed by atoms with E-state index in [-0.39, 0.29) is 12.3 Å². The summed E-state index contributed by atoms with van der Waals surface area (Å²) in [5.74, 6) is -0.114. The molecule has 0 saturated carbocycles. The van der Waals surface area contributed by atoms with E-state index in [0.717, 1.165) is 18.6 Å². The summed E-state index contributed by atoms with van der Waals surface area (Å²) in [4.78, 5) is 13.7. The highest BCUT2D eigenvalue weighted by molar-refractivity contribution is 5.78. The molecule has 2 N–H and O–H groups in total. The summed E-state index contributed by atoms with van der Waals surface area (Å²) in [7, 11) is 0. The van der Waals surface area contributed by atoms with E-state index in [1.165, 1.54) is 12.1 Å². The van der Waals surface area contributed by atoms with Crippen LogP contribution >= 0.6 is 0 Å². The molecule has 1 rings (SSSR count). The Balaban J connectivity index is 2.70. The van der Waals surface area contributed by atoms with E-state index >= 15 is 0 Å². The smallest absolute Gasteiger partial charge is 0.341 e. The molecule has 0 saturated heterocycles. The summed E-state index contributed by atoms with van der Waals surface area (Å²) in [5.41, 5.74) is 5.30. The first kappa shape index (κ1) is 16.5. The molecule has 6 heteroatoms. The van der Waals surface area contributed by atoms with Crippen molar-refractivity contribution in [3.8, 4) is 0 Å². The van der Waals surface area contributed by atoms with E-state index in [2.05, 4.69) is 0 Å². The van der Waals surface area contributed by atoms with Crippen LogP contribution in [-0.4, -0.2) is 30.4 Å². The van der Waals surface area contributed by atoms with Crippen LogP contribution in [0.4, 0.5) is 13.2 Å². The molecule has 0 heterocycles. The maximum Gasteiger partial charge on any atom is 0.416 e. The highest BCUT2D eigenvalue weighted by atomic mass is 19.4. The lowest BCUT2D eigenvalue weighted by molar-refractivity contribution is -0.137. The van der Waals surface area contributed by atoms with Crippen LogP contribution in [0.1, 0.15) is 24.5 Å². The molecule has 0 atom stereocenters. The fourth-order valence-electron chi connectivity index (χ4n) is 1.88. The van der Waals surface area contributed by atoms with Gasteiger partial charge in [0.1, 0.15) is 0 Å². The first-order valence-electron chi connectivity index (χ1n) is 6.52. The number of halogens is 3. The zero-order chi connectivity index (χ0) is 15.2. The molecular formula is C14H19F3N2O. The van der Waals surface area contributed by atoms with E-state index in [9.17, 15) is 18.0 Å². The third kappa shape index (κ3) is 4.85. The highest BCUT2D eigenvalue weighted by Crippen LogP contribution is 2.29. The van der Waals surface area contributed by atoms with Crippen LogP contribution in [0.25, 0.3) is 0 Å². The van der Waals surface area contributed by atoms with Gasteiger partial charge in [-0.25, -0.2) is 0 Å². The fourth-order valence-corrected chi connectivity index (χ4v) is 1.88. The van der Waals surface area contributed by atoms with Crippen molar-refractivity contribution in [3.05, 3.63) is 35.4 Å². The van der Waals surface area contributed by atoms with Crippen LogP contribution in [0.2, 0.25) is 0 Å². The Hall–Kier alpha value is -1.56. The molecule has 0 bridgehead atoms. The lowest BCUT2D eigenvalue weighted by Gasteiger charge is -2.21. The number of benzene rings is 1. The maximum absolute atomic E-state index is 12.4. The van der Waals surface area contributed by atoms with Crippen LogP contribution in [0.5, 0.6) is 0 Å². The predicted octanol–water partition coefficient (Wildman–Crippen LogP) is 2.45. The molecule has 3 nitrogen and oxygen atoms in total. The number of alkyl halides is 3. The molecule has 0 spiro atoms. The second-order valence-electron chi connectivity index (χ2n) is 4.54. The summed E-state index contributed by atoms with van der Waals surface area (Å²) in [6, 6.07) is 4.67. The molecule has 20 heavy (non-hydrogen) atoms. The van der Waals surface area contributed by atoms with Crippen molar-refractivity contribution in [2.24, 2.45) is 5.73 Å². The minimum atomic E-state index is -4.35. The second-order valence-corrected chi connectivity index (χ2v) is 4.54. The van der Waals surface area contributed by atoms with Crippen LogP contribution < -0.4 is 5.73 Å². The number of nitrogens with zero attached hydrogens (tertiary/aromatic N) is 1. The molecule has 0 aliphatic rings. The largest absolute Gasteiger partial charge is 0.416 e. The van der Waals surface area contributed by atoms with Crippen LogP contribution in [0, 0.1) is 0 Å². The Kier molecular flexibility index (Phi) is 6.01. The number of hydrogen-bond acceptors (Lipinski definition) is 2. The Morgan fingerprint density at radius 3 is 2.25 bits per heavy atom. The van der Waals surface area contributed by atoms with Gasteiger partial charge in [-0.3, -0.25) is 4.79 Å². The first-order chi connectivity index (χ1) is 9.38. The molecule has 1 aromatic rings. The normalized spacial score (nSPS) is 11.4. The summed E-state index contributed by atoms with van der Waals surface area (Å²) in [5, 5.41) is 0. The summed E-state index contributed by atoms with van der Waals surface area (Å²) >= 11 is 0. The van der Waals surface area contributed by atoms with Gasteiger partial charge in [0.25, 0.3) is 0 Å². The van der Waals surface area contributed by atoms with Gasteiger partial charge in [-0.05, 0) is 24.1 Å². The van der Waals surface area contributed by atoms with Crippen LogP contribution in [0.15, 0.2) is 24.3 Å². The van der Waals surface area contributed by atoms with Gasteiger partial charge in [-0.1, -0.05) is 19.1 Å². The number of nitrogens with two attached hydrogens (primary N) is 1. The third-order valence-electron chi connectivity index (χ3n) is 2.88. The van der Waals surface area contributed by atoms with Crippen molar-refractivity contribution in [1.29, 1.82) is 0 Å². The summed E-state index contributed by atoms with van der Waals surface area (Å²) in [6.45, 7) is 3.40. The van der Waals surface area contributed by atoms with Gasteiger partial charge >= 0.3 is 6.18 Å². The lowest BCUT2D eigenvalue weighted by Crippen LogP contribution is -2.36. The third-order valence-corrected chi connectivity index (χ3v) is 2.88. The zero-order valence-corrected chi connectivity index (χ0v) is 11.4. The van der Waals surface area contributed by atoms with Crippen molar-refractivity contribution < 1.29 is 18.0 Å². The highest BCUT2D eigenvalue weighted by Gasteiger charge is 2.30. The van der Waals surface area contributed by atoms with Crippen molar-refractivity contribution in [2.45, 2.75) is 25.9 Å². The average Bonchev–Trinajstić information content (AvgIpc) is 2.38. The lowest BCUT2D eigenvalue weighted by atomic mass is 10.1. The van der Waals surface area contributed by atoms with Gasteiger partial charge in [0.15, 0.2) is 0 Å². The molecule has 0 aromatic heterocycles. The van der Waals surface area contributed by atoms with Gasteiger partial charge in [-0.2, -0.15) is 13.2 Å². The van der Waals surface area contributed by atoms with E-state index in [4.69, 9.17) is 5.73 Å². The molecule has 0 radical (unpaired) electrons. The van der Waals surface area contributed by atoms with E-state index < -0.39 is 11.7 Å². The molecule has 1 aromatic carbocycles. The number of amides is 1. The molecule has 0 aliphatic carbocycles. The topological polar surface area (TPSA) is 46.3 Å². The number of carbonyl (C=O) groups excluding carboxylic acids is 1. The average molecular weight is 288 g/mol. The fraction of sp³-hybridized carbons (Fsp3) is 0.500. The van der Waals surface area contributed by atoms with E-state index in [1.807, 2.05) is 6.92 Å². The minimum Gasteiger partial charge on any atom is -0.341 e. The van der Waals surface area contributed by atoms with E-state index in [0.29, 0.717) is 25.2 Å². The second kappa shape index (κ2) is 7.28. The molecule has 1 amide bonds. The van der Waals surface area contributed by atoms with Crippen molar-refractivity contribution >= 4 is 5.91 Å². The van der Waals surface area contributed by atoms with Crippen LogP contribution in [0.3, 0.4) is 0 Å². The van der Waals surface area contributed by atoms with Gasteiger partial charge in [0.05, 0.1) is 12.0 Å². The molecule has 0 unspecified atom stereocenters. The quantitative estimate of drug-likeness (QED) is 0.874. The Labute approximate surface area is 116 Å². The molecule has 0 fully saturated rings. The summed E-state index contributed by atoms with van der Waals surface area (Å²) in [6.07, 6.45) is -3.44. The number of rotatable bonds is 6. The first-order valence-corrected chi connectivity index (χ1v) is 6.52. The Morgan fingerprint density at radius 2 is 1.80 bits per heavy atom. The standard InChI is InChI=1S/C14H19F3N2O/c1-2-8-19(9-7-18)13(20)10-11-3-5-12(6-4-11)14(15,16)17/h3-6H,2,7-10,18H2,1H3. The molecule has 0 aliphatic heterocycles. The van der Waals surface area contributed by atoms with Crippen molar-refractivity contribution in [3.63, 3.8) is 0 Å². The van der Waals surface area contributed by atoms with Gasteiger partial charge in [0.2, 0.25) is 5.91 Å². The zero-order valence-electron chi connectivity index (χ0n) is 11.4. The van der Waals surface area contributed by atoms with Crippen molar-refractivity contribution in [2.75, 3.05) is 19.6 Å². The van der Waals surface area contributed by atoms with Crippen LogP contribution in [-0.2, 0) is 17.4 Å². The van der Waals surface area contributed by atoms with Crippen molar-refractivity contribution in [1.82, 2.24) is 4.90 Å². The maximum atomic E-state index is 12.4. The molecule has 112 valence electrons. The van der Waals surface area contributed by atoms with Gasteiger partial charge in [0, 0.05) is 19.6 Å². The van der Waals surface area contributed by atoms with E-state index in [1.54, 1.807) is 4.90 Å². The molecular weight excluding hydrogens is 269 g/mol. The van der Waals surface area contributed by atoms with Gasteiger partial charge < -0.3 is 10.6 Å². The number of carbonyl (C=O) groups is 1. The summed E-state index contributed by atoms with van der Waals surface area (Å²) < 4.78 is 37.3. The Bertz CT molecular complexity index is 423. The van der Waals surface area contributed by atoms with Gasteiger partial charge in [-0.15, -0.1) is 0 Å². The predicted molar refractivity (Wildman–Crippen MR) is 71.1 cm³/mol. The number of hydrogen-bond donors (Lipinski definition) is 1. The SMILES string of the molecule is CCCN(CCN)C(=O)Cc1ccc(C(F)(F)F)cc1.